The van der Waals surface area contributed by atoms with E-state index in [0.717, 1.165) is 28.0 Å². The van der Waals surface area contributed by atoms with E-state index in [1.165, 1.54) is 0 Å². The third kappa shape index (κ3) is 5.25. The molecule has 2 heterocycles. The van der Waals surface area contributed by atoms with Gasteiger partial charge in [-0.05, 0) is 50.1 Å². The minimum atomic E-state index is -0.217. The summed E-state index contributed by atoms with van der Waals surface area (Å²) in [5.74, 6) is 2.22. The zero-order valence-electron chi connectivity index (χ0n) is 19.7. The number of rotatable bonds is 9. The Labute approximate surface area is 197 Å². The summed E-state index contributed by atoms with van der Waals surface area (Å²) in [7, 11) is 1.61. The molecule has 0 aliphatic rings. The molecular formula is C25H27N5O4. The van der Waals surface area contributed by atoms with Crippen LogP contribution in [0.5, 0.6) is 17.4 Å². The van der Waals surface area contributed by atoms with Crippen LogP contribution in [0.3, 0.4) is 0 Å². The highest BCUT2D eigenvalue weighted by atomic mass is 16.5. The van der Waals surface area contributed by atoms with Crippen molar-refractivity contribution in [1.29, 1.82) is 0 Å². The molecule has 4 rings (SSSR count). The van der Waals surface area contributed by atoms with Crippen LogP contribution in [0.25, 0.3) is 17.0 Å². The van der Waals surface area contributed by atoms with Crippen LogP contribution in [0, 0.1) is 20.8 Å². The average Bonchev–Trinajstić information content (AvgIpc) is 3.24. The lowest BCUT2D eigenvalue weighted by Crippen LogP contribution is -2.32. The minimum absolute atomic E-state index is 0.0560. The zero-order chi connectivity index (χ0) is 24.1. The molecule has 0 aliphatic carbocycles. The van der Waals surface area contributed by atoms with Gasteiger partial charge in [0.2, 0.25) is 5.88 Å². The SMILES string of the molecule is COc1cccc(-c2nnc3ccc(OCCNC(=O)COc4c(C)cc(C)cc4C)nn23)c1. The second-order valence-electron chi connectivity index (χ2n) is 7.91. The van der Waals surface area contributed by atoms with Crippen molar-refractivity contribution in [3.8, 4) is 28.8 Å². The Morgan fingerprint density at radius 2 is 1.79 bits per heavy atom. The first-order valence-corrected chi connectivity index (χ1v) is 10.9. The normalized spacial score (nSPS) is 10.8. The summed E-state index contributed by atoms with van der Waals surface area (Å²) in [6, 6.07) is 15.1. The first-order valence-electron chi connectivity index (χ1n) is 10.9. The maximum atomic E-state index is 12.2. The van der Waals surface area contributed by atoms with Gasteiger partial charge in [-0.3, -0.25) is 4.79 Å². The van der Waals surface area contributed by atoms with E-state index in [0.29, 0.717) is 29.6 Å². The van der Waals surface area contributed by atoms with Gasteiger partial charge in [-0.25, -0.2) is 0 Å². The smallest absolute Gasteiger partial charge is 0.258 e. The number of nitrogens with one attached hydrogen (secondary N) is 1. The van der Waals surface area contributed by atoms with Gasteiger partial charge in [-0.1, -0.05) is 29.8 Å². The van der Waals surface area contributed by atoms with Gasteiger partial charge in [0, 0.05) is 11.6 Å². The number of fused-ring (bicyclic) bond motifs is 1. The Balaban J connectivity index is 1.31. The van der Waals surface area contributed by atoms with E-state index in [9.17, 15) is 4.79 Å². The summed E-state index contributed by atoms with van der Waals surface area (Å²) < 4.78 is 18.3. The highest BCUT2D eigenvalue weighted by molar-refractivity contribution is 5.77. The molecule has 9 nitrogen and oxygen atoms in total. The number of amides is 1. The Kier molecular flexibility index (Phi) is 6.91. The second-order valence-corrected chi connectivity index (χ2v) is 7.91. The molecule has 0 fully saturated rings. The summed E-state index contributed by atoms with van der Waals surface area (Å²) in [6.07, 6.45) is 0. The fraction of sp³-hybridized carbons (Fsp3) is 0.280. The molecule has 34 heavy (non-hydrogen) atoms. The van der Waals surface area contributed by atoms with Crippen molar-refractivity contribution >= 4 is 11.6 Å². The summed E-state index contributed by atoms with van der Waals surface area (Å²) in [6.45, 7) is 6.49. The van der Waals surface area contributed by atoms with Gasteiger partial charge >= 0.3 is 0 Å². The zero-order valence-corrected chi connectivity index (χ0v) is 19.7. The molecule has 0 aliphatic heterocycles. The van der Waals surface area contributed by atoms with Crippen LogP contribution in [-0.4, -0.2) is 52.6 Å². The molecule has 0 saturated heterocycles. The predicted molar refractivity (Wildman–Crippen MR) is 127 cm³/mol. The van der Waals surface area contributed by atoms with E-state index in [2.05, 4.69) is 20.6 Å². The van der Waals surface area contributed by atoms with Crippen molar-refractivity contribution in [3.05, 3.63) is 65.2 Å². The summed E-state index contributed by atoms with van der Waals surface area (Å²) in [4.78, 5) is 12.2. The molecule has 4 aromatic rings. The number of aromatic nitrogens is 4. The molecule has 0 unspecified atom stereocenters. The standard InChI is InChI=1S/C25H27N5O4/c1-16-12-17(2)24(18(3)13-16)34-15-22(31)26-10-11-33-23-9-8-21-27-28-25(30(21)29-23)19-6-5-7-20(14-19)32-4/h5-9,12-14H,10-11,15H2,1-4H3,(H,26,31). The molecule has 0 saturated carbocycles. The number of hydrogen-bond acceptors (Lipinski definition) is 7. The van der Waals surface area contributed by atoms with Crippen molar-refractivity contribution in [2.24, 2.45) is 0 Å². The molecule has 2 aromatic heterocycles. The van der Waals surface area contributed by atoms with Crippen molar-refractivity contribution < 1.29 is 19.0 Å². The number of ether oxygens (including phenoxy) is 3. The molecule has 9 heteroatoms. The second kappa shape index (κ2) is 10.2. The van der Waals surface area contributed by atoms with E-state index in [1.807, 2.05) is 57.2 Å². The van der Waals surface area contributed by atoms with E-state index >= 15 is 0 Å². The number of methoxy groups -OCH3 is 1. The van der Waals surface area contributed by atoms with E-state index in [4.69, 9.17) is 14.2 Å². The first-order chi connectivity index (χ1) is 16.4. The van der Waals surface area contributed by atoms with E-state index in [-0.39, 0.29) is 19.1 Å². The van der Waals surface area contributed by atoms with E-state index < -0.39 is 0 Å². The molecular weight excluding hydrogens is 434 g/mol. The lowest BCUT2D eigenvalue weighted by molar-refractivity contribution is -0.123. The van der Waals surface area contributed by atoms with Gasteiger partial charge in [0.1, 0.15) is 18.1 Å². The number of carbonyl (C=O) groups is 1. The summed E-state index contributed by atoms with van der Waals surface area (Å²) >= 11 is 0. The molecule has 0 radical (unpaired) electrons. The van der Waals surface area contributed by atoms with Crippen molar-refractivity contribution in [2.75, 3.05) is 26.9 Å². The van der Waals surface area contributed by atoms with Crippen LogP contribution in [0.15, 0.2) is 48.5 Å². The van der Waals surface area contributed by atoms with Gasteiger partial charge in [0.25, 0.3) is 5.91 Å². The van der Waals surface area contributed by atoms with Gasteiger partial charge in [0.05, 0.1) is 13.7 Å². The molecule has 0 bridgehead atoms. The first kappa shape index (κ1) is 23.0. The third-order valence-corrected chi connectivity index (χ3v) is 5.19. The fourth-order valence-corrected chi connectivity index (χ4v) is 3.72. The van der Waals surface area contributed by atoms with Crippen LogP contribution >= 0.6 is 0 Å². The van der Waals surface area contributed by atoms with Crippen LogP contribution in [0.2, 0.25) is 0 Å². The Morgan fingerprint density at radius 1 is 1.00 bits per heavy atom. The van der Waals surface area contributed by atoms with Gasteiger partial charge < -0.3 is 19.5 Å². The summed E-state index contributed by atoms with van der Waals surface area (Å²) in [5.41, 5.74) is 4.60. The molecule has 1 N–H and O–H groups in total. The lowest BCUT2D eigenvalue weighted by Gasteiger charge is -2.13. The third-order valence-electron chi connectivity index (χ3n) is 5.19. The lowest BCUT2D eigenvalue weighted by atomic mass is 10.1. The Morgan fingerprint density at radius 3 is 2.56 bits per heavy atom. The number of hydrogen-bond donors (Lipinski definition) is 1. The Bertz CT molecular complexity index is 1290. The predicted octanol–water partition coefficient (Wildman–Crippen LogP) is 3.30. The maximum Gasteiger partial charge on any atom is 0.258 e. The highest BCUT2D eigenvalue weighted by Crippen LogP contribution is 2.25. The fourth-order valence-electron chi connectivity index (χ4n) is 3.72. The number of benzene rings is 2. The average molecular weight is 462 g/mol. The topological polar surface area (TPSA) is 99.9 Å². The van der Waals surface area contributed by atoms with E-state index in [1.54, 1.807) is 23.8 Å². The van der Waals surface area contributed by atoms with Gasteiger partial charge in [-0.2, -0.15) is 4.52 Å². The van der Waals surface area contributed by atoms with Crippen LogP contribution in [0.4, 0.5) is 0 Å². The number of nitrogens with zero attached hydrogens (tertiary/aromatic N) is 4. The van der Waals surface area contributed by atoms with Crippen LogP contribution in [-0.2, 0) is 4.79 Å². The quantitative estimate of drug-likeness (QED) is 0.382. The Hall–Kier alpha value is -4.14. The molecule has 0 spiro atoms. The monoisotopic (exact) mass is 461 g/mol. The van der Waals surface area contributed by atoms with Crippen LogP contribution < -0.4 is 19.5 Å². The molecule has 0 atom stereocenters. The number of aryl methyl sites for hydroxylation is 3. The molecule has 2 aromatic carbocycles. The van der Waals surface area contributed by atoms with Crippen molar-refractivity contribution in [3.63, 3.8) is 0 Å². The highest BCUT2D eigenvalue weighted by Gasteiger charge is 2.12. The van der Waals surface area contributed by atoms with Crippen molar-refractivity contribution in [2.45, 2.75) is 20.8 Å². The summed E-state index contributed by atoms with van der Waals surface area (Å²) in [5, 5.41) is 15.7. The molecule has 1 amide bonds. The number of carbonyl (C=O) groups excluding carboxylic acids is 1. The van der Waals surface area contributed by atoms with Gasteiger partial charge in [-0.15, -0.1) is 15.3 Å². The van der Waals surface area contributed by atoms with Crippen molar-refractivity contribution in [1.82, 2.24) is 25.1 Å². The largest absolute Gasteiger partial charge is 0.497 e. The maximum absolute atomic E-state index is 12.2. The molecule has 176 valence electrons. The van der Waals surface area contributed by atoms with Gasteiger partial charge in [0.15, 0.2) is 18.1 Å². The minimum Gasteiger partial charge on any atom is -0.497 e. The van der Waals surface area contributed by atoms with Crippen LogP contribution in [0.1, 0.15) is 16.7 Å².